The number of halogens is 2. The molecular weight excluding hydrogens is 458 g/mol. The van der Waals surface area contributed by atoms with Gasteiger partial charge in [-0.05, 0) is 43.4 Å². The van der Waals surface area contributed by atoms with Crippen LogP contribution in [0.15, 0.2) is 24.4 Å². The second-order valence-electron chi connectivity index (χ2n) is 8.74. The maximum Gasteiger partial charge on any atom is 0.258 e. The molecule has 184 valence electrons. The van der Waals surface area contributed by atoms with Crippen LogP contribution in [0.25, 0.3) is 33.2 Å². The van der Waals surface area contributed by atoms with Gasteiger partial charge in [-0.1, -0.05) is 11.3 Å². The monoisotopic (exact) mass is 484 g/mol. The highest BCUT2D eigenvalue weighted by Gasteiger charge is 2.23. The number of amides is 1. The van der Waals surface area contributed by atoms with Crippen molar-refractivity contribution in [2.45, 2.75) is 57.7 Å². The highest BCUT2D eigenvalue weighted by molar-refractivity contribution is 5.99. The van der Waals surface area contributed by atoms with E-state index < -0.39 is 13.0 Å². The van der Waals surface area contributed by atoms with Gasteiger partial charge in [-0.2, -0.15) is 9.97 Å². The molecule has 0 saturated heterocycles. The van der Waals surface area contributed by atoms with Crippen LogP contribution in [0.4, 0.5) is 14.7 Å². The number of hydrogen-bond acceptors (Lipinski definition) is 7. The Bertz CT molecular complexity index is 1360. The van der Waals surface area contributed by atoms with Gasteiger partial charge in [0, 0.05) is 30.8 Å². The number of ether oxygens (including phenoxy) is 1. The van der Waals surface area contributed by atoms with Crippen LogP contribution in [-0.2, 0) is 11.3 Å². The van der Waals surface area contributed by atoms with E-state index in [0.717, 1.165) is 36.8 Å². The number of fused-ring (bicyclic) bond motifs is 2. The SMILES string of the molecule is COc1nc(N[C@H]2CC[C@@H](NC(C)=O)CC2)nc2[nH]cc(-c3ccc4nnn(CC(F)F)c4c3)c12. The number of aromatic nitrogens is 6. The molecule has 10 nitrogen and oxygen atoms in total. The summed E-state index contributed by atoms with van der Waals surface area (Å²) in [5.41, 5.74) is 3.22. The van der Waals surface area contributed by atoms with Crippen molar-refractivity contribution in [2.75, 3.05) is 12.4 Å². The van der Waals surface area contributed by atoms with E-state index in [-0.39, 0.29) is 18.0 Å². The zero-order chi connectivity index (χ0) is 24.5. The lowest BCUT2D eigenvalue weighted by Crippen LogP contribution is -2.39. The first kappa shape index (κ1) is 22.9. The Morgan fingerprint density at radius 1 is 1.23 bits per heavy atom. The molecule has 1 aliphatic rings. The van der Waals surface area contributed by atoms with Gasteiger partial charge >= 0.3 is 0 Å². The first-order chi connectivity index (χ1) is 16.9. The molecule has 3 aromatic heterocycles. The standard InChI is InChI=1S/C23H26F2N8O2/c1-12(34)27-14-4-6-15(7-5-14)28-23-29-21-20(22(30-23)35-2)16(10-26-21)13-3-8-17-18(9-13)33(32-31-17)11-19(24)25/h3,8-10,14-15,19H,4-7,11H2,1-2H3,(H,27,34)(H2,26,28,29,30)/t14-,15+. The minimum Gasteiger partial charge on any atom is -0.480 e. The van der Waals surface area contributed by atoms with Crippen LogP contribution in [0.2, 0.25) is 0 Å². The van der Waals surface area contributed by atoms with Crippen molar-refractivity contribution >= 4 is 33.9 Å². The van der Waals surface area contributed by atoms with E-state index in [2.05, 4.69) is 35.9 Å². The molecule has 1 fully saturated rings. The number of H-pyrrole nitrogens is 1. The predicted molar refractivity (Wildman–Crippen MR) is 126 cm³/mol. The van der Waals surface area contributed by atoms with Crippen LogP contribution in [0, 0.1) is 0 Å². The number of benzene rings is 1. The van der Waals surface area contributed by atoms with Gasteiger partial charge < -0.3 is 20.4 Å². The molecule has 1 amide bonds. The third kappa shape index (κ3) is 4.73. The molecule has 12 heteroatoms. The van der Waals surface area contributed by atoms with Crippen LogP contribution in [0.1, 0.15) is 32.6 Å². The molecule has 0 radical (unpaired) electrons. The molecule has 3 N–H and O–H groups in total. The number of alkyl halides is 2. The van der Waals surface area contributed by atoms with Crippen molar-refractivity contribution in [1.82, 2.24) is 35.3 Å². The molecule has 0 unspecified atom stereocenters. The first-order valence-electron chi connectivity index (χ1n) is 11.5. The normalized spacial score (nSPS) is 18.3. The second kappa shape index (κ2) is 9.43. The van der Waals surface area contributed by atoms with Gasteiger partial charge in [-0.3, -0.25) is 4.79 Å². The van der Waals surface area contributed by atoms with E-state index in [0.29, 0.717) is 33.9 Å². The van der Waals surface area contributed by atoms with Crippen LogP contribution >= 0.6 is 0 Å². The van der Waals surface area contributed by atoms with Crippen molar-refractivity contribution in [1.29, 1.82) is 0 Å². The Labute approximate surface area is 199 Å². The van der Waals surface area contributed by atoms with Crippen molar-refractivity contribution in [3.8, 4) is 17.0 Å². The summed E-state index contributed by atoms with van der Waals surface area (Å²) in [6.07, 6.45) is 2.84. The predicted octanol–water partition coefficient (Wildman–Crippen LogP) is 3.50. The largest absolute Gasteiger partial charge is 0.480 e. The van der Waals surface area contributed by atoms with E-state index >= 15 is 0 Å². The quantitative estimate of drug-likeness (QED) is 0.367. The van der Waals surface area contributed by atoms with Crippen LogP contribution in [0.5, 0.6) is 5.88 Å². The van der Waals surface area contributed by atoms with Gasteiger partial charge in [-0.15, -0.1) is 5.10 Å². The smallest absolute Gasteiger partial charge is 0.258 e. The Kier molecular flexibility index (Phi) is 6.18. The summed E-state index contributed by atoms with van der Waals surface area (Å²) in [7, 11) is 1.55. The molecule has 5 rings (SSSR count). The molecule has 0 aliphatic heterocycles. The number of nitrogens with zero attached hydrogens (tertiary/aromatic N) is 5. The molecular formula is C23H26F2N8O2. The molecule has 1 aliphatic carbocycles. The Morgan fingerprint density at radius 2 is 2.00 bits per heavy atom. The second-order valence-corrected chi connectivity index (χ2v) is 8.74. The average molecular weight is 485 g/mol. The van der Waals surface area contributed by atoms with Crippen LogP contribution in [-0.4, -0.2) is 61.5 Å². The minimum atomic E-state index is -2.53. The summed E-state index contributed by atoms with van der Waals surface area (Å²) in [4.78, 5) is 23.7. The summed E-state index contributed by atoms with van der Waals surface area (Å²) in [5.74, 6) is 0.858. The molecule has 1 aromatic carbocycles. The zero-order valence-electron chi connectivity index (χ0n) is 19.4. The van der Waals surface area contributed by atoms with Gasteiger partial charge in [0.05, 0.1) is 18.0 Å². The summed E-state index contributed by atoms with van der Waals surface area (Å²) in [6.45, 7) is 1.01. The lowest BCUT2D eigenvalue weighted by atomic mass is 9.91. The number of nitrogens with one attached hydrogen (secondary N) is 3. The summed E-state index contributed by atoms with van der Waals surface area (Å²) >= 11 is 0. The highest BCUT2D eigenvalue weighted by atomic mass is 19.3. The number of methoxy groups -OCH3 is 1. The molecule has 4 aromatic rings. The van der Waals surface area contributed by atoms with Gasteiger partial charge in [-0.25, -0.2) is 13.5 Å². The third-order valence-corrected chi connectivity index (χ3v) is 6.30. The average Bonchev–Trinajstić information content (AvgIpc) is 3.43. The summed E-state index contributed by atoms with van der Waals surface area (Å²) in [6, 6.07) is 5.78. The number of hydrogen-bond donors (Lipinski definition) is 3. The van der Waals surface area contributed by atoms with Crippen molar-refractivity contribution in [3.63, 3.8) is 0 Å². The molecule has 35 heavy (non-hydrogen) atoms. The van der Waals surface area contributed by atoms with Crippen molar-refractivity contribution < 1.29 is 18.3 Å². The summed E-state index contributed by atoms with van der Waals surface area (Å²) < 4.78 is 32.7. The minimum absolute atomic E-state index is 0.00336. The zero-order valence-corrected chi connectivity index (χ0v) is 19.4. The molecule has 0 bridgehead atoms. The summed E-state index contributed by atoms with van der Waals surface area (Å²) in [5, 5.41) is 14.9. The van der Waals surface area contributed by atoms with Crippen molar-refractivity contribution in [3.05, 3.63) is 24.4 Å². The number of anilines is 1. The molecule has 1 saturated carbocycles. The maximum absolute atomic E-state index is 12.9. The van der Waals surface area contributed by atoms with Gasteiger partial charge in [0.2, 0.25) is 17.7 Å². The topological polar surface area (TPSA) is 123 Å². The molecule has 0 spiro atoms. The first-order valence-corrected chi connectivity index (χ1v) is 11.5. The van der Waals surface area contributed by atoms with E-state index in [1.54, 1.807) is 25.4 Å². The number of aromatic amines is 1. The fraction of sp³-hybridized carbons (Fsp3) is 0.435. The fourth-order valence-corrected chi connectivity index (χ4v) is 4.69. The number of carbonyl (C=O) groups excluding carboxylic acids is 1. The van der Waals surface area contributed by atoms with Crippen LogP contribution < -0.4 is 15.4 Å². The van der Waals surface area contributed by atoms with Gasteiger partial charge in [0.15, 0.2) is 0 Å². The Hall–Kier alpha value is -3.83. The number of carbonyl (C=O) groups is 1. The molecule has 0 atom stereocenters. The lowest BCUT2D eigenvalue weighted by Gasteiger charge is -2.29. The van der Waals surface area contributed by atoms with E-state index in [4.69, 9.17) is 4.74 Å². The van der Waals surface area contributed by atoms with E-state index in [1.807, 2.05) is 6.07 Å². The maximum atomic E-state index is 12.9. The van der Waals surface area contributed by atoms with E-state index in [9.17, 15) is 13.6 Å². The highest BCUT2D eigenvalue weighted by Crippen LogP contribution is 2.35. The van der Waals surface area contributed by atoms with Crippen LogP contribution in [0.3, 0.4) is 0 Å². The lowest BCUT2D eigenvalue weighted by molar-refractivity contribution is -0.119. The van der Waals surface area contributed by atoms with Crippen molar-refractivity contribution in [2.24, 2.45) is 0 Å². The number of rotatable bonds is 7. The van der Waals surface area contributed by atoms with Gasteiger partial charge in [0.25, 0.3) is 6.43 Å². The third-order valence-electron chi connectivity index (χ3n) is 6.30. The Morgan fingerprint density at radius 3 is 2.71 bits per heavy atom. The Balaban J connectivity index is 1.42. The van der Waals surface area contributed by atoms with E-state index in [1.165, 1.54) is 11.6 Å². The van der Waals surface area contributed by atoms with Gasteiger partial charge in [0.1, 0.15) is 17.7 Å². The molecule has 3 heterocycles. The fourth-order valence-electron chi connectivity index (χ4n) is 4.69.